The van der Waals surface area contributed by atoms with Crippen molar-refractivity contribution in [2.45, 2.75) is 19.5 Å². The molecule has 0 unspecified atom stereocenters. The van der Waals surface area contributed by atoms with Crippen LogP contribution >= 0.6 is 0 Å². The molecular formula is C11H10F3NO2. The molecule has 2 N–H and O–H groups in total. The van der Waals surface area contributed by atoms with Gasteiger partial charge in [0, 0.05) is 16.8 Å². The average Bonchev–Trinajstić information content (AvgIpc) is 2.19. The van der Waals surface area contributed by atoms with Crippen molar-refractivity contribution in [1.29, 1.82) is 0 Å². The summed E-state index contributed by atoms with van der Waals surface area (Å²) in [6, 6.07) is 2.32. The Hall–Kier alpha value is -1.85. The van der Waals surface area contributed by atoms with Gasteiger partial charge in [0.2, 0.25) is 0 Å². The monoisotopic (exact) mass is 245 g/mol. The average molecular weight is 245 g/mol. The molecule has 0 heterocycles. The Morgan fingerprint density at radius 1 is 1.41 bits per heavy atom. The molecule has 0 saturated heterocycles. The third kappa shape index (κ3) is 3.30. The molecule has 0 bridgehead atoms. The van der Waals surface area contributed by atoms with Crippen molar-refractivity contribution < 1.29 is 22.8 Å². The molecule has 0 aromatic heterocycles. The third-order valence-electron chi connectivity index (χ3n) is 2.23. The molecule has 6 heteroatoms. The van der Waals surface area contributed by atoms with Crippen LogP contribution in [0.4, 0.5) is 18.9 Å². The lowest BCUT2D eigenvalue weighted by molar-refractivity contribution is -0.125. The van der Waals surface area contributed by atoms with Crippen molar-refractivity contribution >= 4 is 17.8 Å². The van der Waals surface area contributed by atoms with Gasteiger partial charge >= 0.3 is 6.18 Å². The standard InChI is InChI=1S/C11H10F3NO2/c1-6-2-7(3-8(5-16)10(6)15)9(17)4-11(12,13)14/h2-3,5H,4,15H2,1H3. The predicted molar refractivity (Wildman–Crippen MR) is 56.0 cm³/mol. The molecule has 0 saturated carbocycles. The Kier molecular flexibility index (Phi) is 3.55. The smallest absolute Gasteiger partial charge is 0.396 e. The minimum Gasteiger partial charge on any atom is -0.398 e. The number of alkyl halides is 3. The van der Waals surface area contributed by atoms with Crippen LogP contribution in [-0.4, -0.2) is 18.2 Å². The van der Waals surface area contributed by atoms with Gasteiger partial charge in [0.05, 0.1) is 0 Å². The van der Waals surface area contributed by atoms with Crippen LogP contribution in [0.15, 0.2) is 12.1 Å². The summed E-state index contributed by atoms with van der Waals surface area (Å²) in [6.07, 6.45) is -5.70. The summed E-state index contributed by atoms with van der Waals surface area (Å²) in [5.74, 6) is -1.08. The molecule has 1 rings (SSSR count). The van der Waals surface area contributed by atoms with Gasteiger partial charge in [-0.15, -0.1) is 0 Å². The van der Waals surface area contributed by atoms with Crippen LogP contribution in [0.1, 0.15) is 32.7 Å². The van der Waals surface area contributed by atoms with Crippen molar-refractivity contribution in [3.63, 3.8) is 0 Å². The van der Waals surface area contributed by atoms with Gasteiger partial charge in [-0.3, -0.25) is 9.59 Å². The second-order valence-corrected chi connectivity index (χ2v) is 3.63. The first-order chi connectivity index (χ1) is 7.74. The van der Waals surface area contributed by atoms with Crippen LogP contribution < -0.4 is 5.73 Å². The van der Waals surface area contributed by atoms with Crippen LogP contribution in [-0.2, 0) is 0 Å². The minimum absolute atomic E-state index is 0.0236. The highest BCUT2D eigenvalue weighted by Crippen LogP contribution is 2.24. The number of anilines is 1. The lowest BCUT2D eigenvalue weighted by Crippen LogP contribution is -2.15. The van der Waals surface area contributed by atoms with Crippen molar-refractivity contribution in [3.05, 3.63) is 28.8 Å². The van der Waals surface area contributed by atoms with Gasteiger partial charge in [0.1, 0.15) is 6.42 Å². The summed E-state index contributed by atoms with van der Waals surface area (Å²) >= 11 is 0. The van der Waals surface area contributed by atoms with Gasteiger partial charge in [-0.1, -0.05) is 0 Å². The number of rotatable bonds is 3. The largest absolute Gasteiger partial charge is 0.398 e. The second kappa shape index (κ2) is 4.57. The number of benzene rings is 1. The number of aryl methyl sites for hydroxylation is 1. The molecule has 17 heavy (non-hydrogen) atoms. The highest BCUT2D eigenvalue weighted by atomic mass is 19.4. The van der Waals surface area contributed by atoms with Gasteiger partial charge in [-0.2, -0.15) is 13.2 Å². The normalized spacial score (nSPS) is 11.3. The van der Waals surface area contributed by atoms with Crippen LogP contribution in [0.25, 0.3) is 0 Å². The number of nitrogens with two attached hydrogens (primary N) is 1. The Morgan fingerprint density at radius 2 is 2.00 bits per heavy atom. The van der Waals surface area contributed by atoms with E-state index in [2.05, 4.69) is 0 Å². The fourth-order valence-electron chi connectivity index (χ4n) is 1.37. The SMILES string of the molecule is Cc1cc(C(=O)CC(F)(F)F)cc(C=O)c1N. The third-order valence-corrected chi connectivity index (χ3v) is 2.23. The van der Waals surface area contributed by atoms with Crippen LogP contribution in [0.5, 0.6) is 0 Å². The van der Waals surface area contributed by atoms with Crippen molar-refractivity contribution in [2.24, 2.45) is 0 Å². The Bertz CT molecular complexity index is 467. The van der Waals surface area contributed by atoms with Gasteiger partial charge < -0.3 is 5.73 Å². The van der Waals surface area contributed by atoms with E-state index in [4.69, 9.17) is 5.73 Å². The molecule has 0 aliphatic carbocycles. The van der Waals surface area contributed by atoms with Crippen LogP contribution in [0.2, 0.25) is 0 Å². The van der Waals surface area contributed by atoms with Gasteiger partial charge in [-0.05, 0) is 24.6 Å². The van der Waals surface area contributed by atoms with E-state index in [0.717, 1.165) is 6.07 Å². The Balaban J connectivity index is 3.11. The van der Waals surface area contributed by atoms with Gasteiger partial charge in [-0.25, -0.2) is 0 Å². The van der Waals surface area contributed by atoms with Crippen molar-refractivity contribution in [3.8, 4) is 0 Å². The number of ketones is 1. The predicted octanol–water partition coefficient (Wildman–Crippen LogP) is 2.52. The first-order valence-corrected chi connectivity index (χ1v) is 4.70. The maximum absolute atomic E-state index is 12.0. The number of hydrogen-bond acceptors (Lipinski definition) is 3. The molecule has 0 atom stereocenters. The van der Waals surface area contributed by atoms with Gasteiger partial charge in [0.15, 0.2) is 12.1 Å². The van der Waals surface area contributed by atoms with E-state index in [1.165, 1.54) is 13.0 Å². The zero-order valence-corrected chi connectivity index (χ0v) is 8.97. The fraction of sp³-hybridized carbons (Fsp3) is 0.273. The fourth-order valence-corrected chi connectivity index (χ4v) is 1.37. The summed E-state index contributed by atoms with van der Waals surface area (Å²) in [5, 5.41) is 0. The Morgan fingerprint density at radius 3 is 2.47 bits per heavy atom. The van der Waals surface area contributed by atoms with E-state index in [1.54, 1.807) is 0 Å². The van der Waals surface area contributed by atoms with Crippen LogP contribution in [0, 0.1) is 6.92 Å². The Labute approximate surface area is 95.4 Å². The second-order valence-electron chi connectivity index (χ2n) is 3.63. The first kappa shape index (κ1) is 13.2. The van der Waals surface area contributed by atoms with E-state index in [1.807, 2.05) is 0 Å². The topological polar surface area (TPSA) is 60.2 Å². The molecular weight excluding hydrogens is 235 g/mol. The molecule has 1 aromatic rings. The minimum atomic E-state index is -4.56. The van der Waals surface area contributed by atoms with E-state index in [9.17, 15) is 22.8 Å². The summed E-state index contributed by atoms with van der Waals surface area (Å²) in [6.45, 7) is 1.52. The molecule has 0 spiro atoms. The zero-order valence-electron chi connectivity index (χ0n) is 8.97. The van der Waals surface area contributed by atoms with E-state index < -0.39 is 18.4 Å². The number of carbonyl (C=O) groups excluding carboxylic acids is 2. The van der Waals surface area contributed by atoms with E-state index >= 15 is 0 Å². The highest BCUT2D eigenvalue weighted by Gasteiger charge is 2.31. The summed E-state index contributed by atoms with van der Waals surface area (Å²) in [7, 11) is 0. The zero-order chi connectivity index (χ0) is 13.2. The molecule has 0 aliphatic rings. The number of nitrogen functional groups attached to an aromatic ring is 1. The maximum atomic E-state index is 12.0. The molecule has 0 aliphatic heterocycles. The summed E-state index contributed by atoms with van der Waals surface area (Å²) < 4.78 is 36.1. The summed E-state index contributed by atoms with van der Waals surface area (Å²) in [4.78, 5) is 21.9. The number of halogens is 3. The molecule has 0 radical (unpaired) electrons. The number of carbonyl (C=O) groups is 2. The van der Waals surface area contributed by atoms with Crippen molar-refractivity contribution in [1.82, 2.24) is 0 Å². The quantitative estimate of drug-likeness (QED) is 0.505. The number of aldehydes is 1. The first-order valence-electron chi connectivity index (χ1n) is 4.70. The summed E-state index contributed by atoms with van der Waals surface area (Å²) in [5.41, 5.74) is 5.96. The highest BCUT2D eigenvalue weighted by molar-refractivity contribution is 5.99. The van der Waals surface area contributed by atoms with Gasteiger partial charge in [0.25, 0.3) is 0 Å². The number of Topliss-reactive ketones (excluding diaryl/α,β-unsaturated/α-hetero) is 1. The molecule has 0 fully saturated rings. The van der Waals surface area contributed by atoms with Crippen LogP contribution in [0.3, 0.4) is 0 Å². The molecule has 1 aromatic carbocycles. The van der Waals surface area contributed by atoms with E-state index in [-0.39, 0.29) is 16.8 Å². The lowest BCUT2D eigenvalue weighted by Gasteiger charge is -2.09. The molecule has 0 amide bonds. The van der Waals surface area contributed by atoms with E-state index in [0.29, 0.717) is 11.8 Å². The molecule has 3 nitrogen and oxygen atoms in total. The molecule has 92 valence electrons. The lowest BCUT2D eigenvalue weighted by atomic mass is 10.0. The van der Waals surface area contributed by atoms with Crippen molar-refractivity contribution in [2.75, 3.05) is 5.73 Å². The maximum Gasteiger partial charge on any atom is 0.396 e. The number of hydrogen-bond donors (Lipinski definition) is 1.